The maximum Gasteiger partial charge on any atom is 0.136 e. The molecule has 0 amide bonds. The van der Waals surface area contributed by atoms with E-state index in [1.807, 2.05) is 12.1 Å². The first kappa shape index (κ1) is 38.9. The Balaban J connectivity index is 0.854. The Morgan fingerprint density at radius 1 is 0.369 bits per heavy atom. The molecule has 1 unspecified atom stereocenters. The molecule has 1 aromatic heterocycles. The maximum absolute atomic E-state index is 6.24. The van der Waals surface area contributed by atoms with E-state index in [9.17, 15) is 0 Å². The molecule has 0 radical (unpaired) electrons. The standard InChI is InChI=1S/C64H48O/c1-64(2)60-39-50(43-11-4-3-5-12-43)32-36-56(60)57-37-34-52(40-61(57)64)53(35-21-42-19-22-46(23-20-42)51-33-38-59-58-16-8-9-18-62(58)65-63(59)41-51)48-28-24-44(25-29-48)45-26-30-49(31-27-45)55-17-10-14-47-13-6-7-15-54(47)55/h3-20,22-34,36-41,53H,21,35H2,1-2H3. The van der Waals surface area contributed by atoms with Gasteiger partial charge in [0.1, 0.15) is 11.2 Å². The number of hydrogen-bond donors (Lipinski definition) is 0. The van der Waals surface area contributed by atoms with Crippen molar-refractivity contribution in [3.05, 3.63) is 252 Å². The van der Waals surface area contributed by atoms with Gasteiger partial charge >= 0.3 is 0 Å². The van der Waals surface area contributed by atoms with Crippen LogP contribution in [0.25, 0.3) is 88.3 Å². The van der Waals surface area contributed by atoms with Gasteiger partial charge in [0, 0.05) is 22.1 Å². The predicted molar refractivity (Wildman–Crippen MR) is 274 cm³/mol. The van der Waals surface area contributed by atoms with Crippen LogP contribution in [0, 0.1) is 0 Å². The Morgan fingerprint density at radius 2 is 0.908 bits per heavy atom. The van der Waals surface area contributed by atoms with Gasteiger partial charge in [0.25, 0.3) is 0 Å². The van der Waals surface area contributed by atoms with Crippen LogP contribution in [0.3, 0.4) is 0 Å². The largest absolute Gasteiger partial charge is 0.456 e. The van der Waals surface area contributed by atoms with Crippen molar-refractivity contribution in [1.82, 2.24) is 0 Å². The smallest absolute Gasteiger partial charge is 0.136 e. The molecule has 0 N–H and O–H groups in total. The number of hydrogen-bond acceptors (Lipinski definition) is 1. The van der Waals surface area contributed by atoms with E-state index in [1.165, 1.54) is 94.2 Å². The minimum Gasteiger partial charge on any atom is -0.456 e. The molecule has 0 aliphatic heterocycles. The van der Waals surface area contributed by atoms with Crippen LogP contribution in [0.5, 0.6) is 0 Å². The molecule has 0 spiro atoms. The summed E-state index contributed by atoms with van der Waals surface area (Å²) in [5.41, 5.74) is 21.2. The summed E-state index contributed by atoms with van der Waals surface area (Å²) in [6, 6.07) is 82.8. The van der Waals surface area contributed by atoms with Crippen LogP contribution in [0.2, 0.25) is 0 Å². The summed E-state index contributed by atoms with van der Waals surface area (Å²) >= 11 is 0. The van der Waals surface area contributed by atoms with E-state index in [2.05, 4.69) is 226 Å². The summed E-state index contributed by atoms with van der Waals surface area (Å²) in [5.74, 6) is 0.220. The van der Waals surface area contributed by atoms with Crippen LogP contribution in [0.4, 0.5) is 0 Å². The van der Waals surface area contributed by atoms with Gasteiger partial charge in [-0.15, -0.1) is 0 Å². The third kappa shape index (κ3) is 6.96. The Hall–Kier alpha value is -7.74. The van der Waals surface area contributed by atoms with Crippen molar-refractivity contribution < 1.29 is 4.42 Å². The highest BCUT2D eigenvalue weighted by Crippen LogP contribution is 2.51. The lowest BCUT2D eigenvalue weighted by Gasteiger charge is -2.25. The molecule has 1 heteroatoms. The highest BCUT2D eigenvalue weighted by Gasteiger charge is 2.36. The van der Waals surface area contributed by atoms with Gasteiger partial charge in [-0.3, -0.25) is 0 Å². The molecule has 1 aliphatic carbocycles. The first-order chi connectivity index (χ1) is 31.9. The highest BCUT2D eigenvalue weighted by atomic mass is 16.3. The highest BCUT2D eigenvalue weighted by molar-refractivity contribution is 6.06. The van der Waals surface area contributed by atoms with E-state index in [4.69, 9.17) is 4.42 Å². The van der Waals surface area contributed by atoms with Crippen LogP contribution in [-0.2, 0) is 11.8 Å². The molecular weight excluding hydrogens is 785 g/mol. The summed E-state index contributed by atoms with van der Waals surface area (Å²) in [4.78, 5) is 0. The number of para-hydroxylation sites is 1. The maximum atomic E-state index is 6.24. The molecule has 1 aliphatic rings. The summed E-state index contributed by atoms with van der Waals surface area (Å²) in [6.45, 7) is 4.80. The third-order valence-electron chi connectivity index (χ3n) is 14.2. The Kier molecular flexibility index (Phi) is 9.46. The van der Waals surface area contributed by atoms with Crippen LogP contribution in [-0.4, -0.2) is 0 Å². The van der Waals surface area contributed by atoms with Crippen molar-refractivity contribution in [2.75, 3.05) is 0 Å². The molecule has 11 aromatic rings. The van der Waals surface area contributed by atoms with Gasteiger partial charge in [0.05, 0.1) is 0 Å². The second-order valence-corrected chi connectivity index (χ2v) is 18.4. The normalized spacial score (nSPS) is 13.3. The van der Waals surface area contributed by atoms with E-state index < -0.39 is 0 Å². The minimum absolute atomic E-state index is 0.126. The molecule has 0 saturated carbocycles. The fraction of sp³-hybridized carbons (Fsp3) is 0.0938. The molecule has 65 heavy (non-hydrogen) atoms. The topological polar surface area (TPSA) is 13.1 Å². The Morgan fingerprint density at radius 3 is 1.71 bits per heavy atom. The fourth-order valence-electron chi connectivity index (χ4n) is 10.6. The number of rotatable bonds is 9. The zero-order valence-corrected chi connectivity index (χ0v) is 36.8. The number of furan rings is 1. The van der Waals surface area contributed by atoms with Crippen molar-refractivity contribution in [1.29, 1.82) is 0 Å². The van der Waals surface area contributed by atoms with Gasteiger partial charge in [-0.2, -0.15) is 0 Å². The number of fused-ring (bicyclic) bond motifs is 7. The molecule has 0 bridgehead atoms. The van der Waals surface area contributed by atoms with Crippen molar-refractivity contribution in [2.24, 2.45) is 0 Å². The van der Waals surface area contributed by atoms with E-state index in [1.54, 1.807) is 0 Å². The Labute approximate surface area is 381 Å². The van der Waals surface area contributed by atoms with Crippen LogP contribution >= 0.6 is 0 Å². The van der Waals surface area contributed by atoms with Gasteiger partial charge in [-0.25, -0.2) is 0 Å². The van der Waals surface area contributed by atoms with Crippen molar-refractivity contribution in [3.8, 4) is 55.6 Å². The molecule has 0 saturated heterocycles. The van der Waals surface area contributed by atoms with E-state index in [0.717, 1.165) is 34.8 Å². The average molecular weight is 833 g/mol. The summed E-state index contributed by atoms with van der Waals surface area (Å²) < 4.78 is 6.24. The van der Waals surface area contributed by atoms with Gasteiger partial charge in [-0.05, 0) is 131 Å². The monoisotopic (exact) mass is 832 g/mol. The zero-order chi connectivity index (χ0) is 43.5. The second-order valence-electron chi connectivity index (χ2n) is 18.4. The summed E-state index contributed by atoms with van der Waals surface area (Å²) in [7, 11) is 0. The van der Waals surface area contributed by atoms with Gasteiger partial charge < -0.3 is 4.42 Å². The van der Waals surface area contributed by atoms with Gasteiger partial charge in [0.15, 0.2) is 0 Å². The average Bonchev–Trinajstić information content (AvgIpc) is 3.85. The molecule has 12 rings (SSSR count). The molecular formula is C64H48O. The minimum atomic E-state index is -0.126. The molecule has 1 atom stereocenters. The van der Waals surface area contributed by atoms with Crippen LogP contribution in [0.15, 0.2) is 229 Å². The first-order valence-electron chi connectivity index (χ1n) is 23.0. The quantitative estimate of drug-likeness (QED) is 0.141. The molecule has 1 nitrogen and oxygen atoms in total. The zero-order valence-electron chi connectivity index (χ0n) is 36.8. The summed E-state index contributed by atoms with van der Waals surface area (Å²) in [6.07, 6.45) is 1.96. The lowest BCUT2D eigenvalue weighted by atomic mass is 9.79. The second kappa shape index (κ2) is 15.8. The van der Waals surface area contributed by atoms with Crippen molar-refractivity contribution >= 4 is 32.7 Å². The van der Waals surface area contributed by atoms with Crippen LogP contribution in [0.1, 0.15) is 54.0 Å². The third-order valence-corrected chi connectivity index (χ3v) is 14.2. The van der Waals surface area contributed by atoms with E-state index >= 15 is 0 Å². The molecule has 10 aromatic carbocycles. The molecule has 310 valence electrons. The van der Waals surface area contributed by atoms with E-state index in [0.29, 0.717) is 0 Å². The lowest BCUT2D eigenvalue weighted by molar-refractivity contribution is 0.654. The number of aryl methyl sites for hydroxylation is 1. The predicted octanol–water partition coefficient (Wildman–Crippen LogP) is 17.5. The van der Waals surface area contributed by atoms with Crippen molar-refractivity contribution in [2.45, 2.75) is 38.0 Å². The van der Waals surface area contributed by atoms with Gasteiger partial charge in [0.2, 0.25) is 0 Å². The fourth-order valence-corrected chi connectivity index (χ4v) is 10.6. The van der Waals surface area contributed by atoms with Crippen LogP contribution < -0.4 is 0 Å². The van der Waals surface area contributed by atoms with Crippen molar-refractivity contribution in [3.63, 3.8) is 0 Å². The number of benzene rings is 10. The van der Waals surface area contributed by atoms with Gasteiger partial charge in [-0.1, -0.05) is 214 Å². The molecule has 0 fully saturated rings. The lowest BCUT2D eigenvalue weighted by Crippen LogP contribution is -2.16. The SMILES string of the molecule is CC1(C)c2cc(-c3ccccc3)ccc2-c2ccc(C(CCc3ccc(-c4ccc5c(c4)oc4ccccc45)cc3)c3ccc(-c4ccc(-c5cccc6ccccc56)cc4)cc3)cc21. The Bertz CT molecular complexity index is 3530. The first-order valence-corrected chi connectivity index (χ1v) is 23.0. The summed E-state index contributed by atoms with van der Waals surface area (Å²) in [5, 5.41) is 4.87. The molecule has 1 heterocycles. The van der Waals surface area contributed by atoms with E-state index in [-0.39, 0.29) is 11.3 Å².